The average molecular weight is 278 g/mol. The first kappa shape index (κ1) is 15.6. The van der Waals surface area contributed by atoms with Crippen molar-refractivity contribution in [2.24, 2.45) is 11.8 Å². The zero-order valence-corrected chi connectivity index (χ0v) is 13.5. The monoisotopic (exact) mass is 278 g/mol. The number of aryl methyl sites for hydroxylation is 1. The fourth-order valence-electron chi connectivity index (χ4n) is 2.76. The van der Waals surface area contributed by atoms with Crippen LogP contribution in [0.15, 0.2) is 10.5 Å². The lowest BCUT2D eigenvalue weighted by Crippen LogP contribution is -2.32. The standard InChI is InChI=1S/C17H30N2O/c1-13(2)10-18-11-17-15(4)9-16(20-17)12-19-7-5-14(3)6-8-19/h9,13-14,18H,5-8,10-12H2,1-4H3. The Bertz CT molecular complexity index is 403. The van der Waals surface area contributed by atoms with Gasteiger partial charge in [0.05, 0.1) is 13.1 Å². The number of likely N-dealkylation sites (tertiary alicyclic amines) is 1. The molecule has 20 heavy (non-hydrogen) atoms. The van der Waals surface area contributed by atoms with Crippen molar-refractivity contribution >= 4 is 0 Å². The zero-order valence-electron chi connectivity index (χ0n) is 13.5. The molecule has 0 radical (unpaired) electrons. The van der Waals surface area contributed by atoms with Crippen LogP contribution in [0.25, 0.3) is 0 Å². The van der Waals surface area contributed by atoms with Crippen LogP contribution in [0.2, 0.25) is 0 Å². The summed E-state index contributed by atoms with van der Waals surface area (Å²) in [6.07, 6.45) is 2.64. The minimum absolute atomic E-state index is 0.681. The average Bonchev–Trinajstić information content (AvgIpc) is 2.72. The first-order valence-electron chi connectivity index (χ1n) is 8.06. The summed E-state index contributed by atoms with van der Waals surface area (Å²) < 4.78 is 6.02. The van der Waals surface area contributed by atoms with E-state index in [4.69, 9.17) is 4.42 Å². The molecule has 0 aliphatic carbocycles. The molecule has 1 N–H and O–H groups in total. The Labute approximate surface area is 123 Å². The maximum Gasteiger partial charge on any atom is 0.120 e. The summed E-state index contributed by atoms with van der Waals surface area (Å²) >= 11 is 0. The second-order valence-electron chi connectivity index (χ2n) is 6.80. The van der Waals surface area contributed by atoms with Crippen LogP contribution in [-0.4, -0.2) is 24.5 Å². The fraction of sp³-hybridized carbons (Fsp3) is 0.765. The molecule has 3 heteroatoms. The van der Waals surface area contributed by atoms with Gasteiger partial charge in [-0.2, -0.15) is 0 Å². The van der Waals surface area contributed by atoms with E-state index in [1.54, 1.807) is 0 Å². The second-order valence-corrected chi connectivity index (χ2v) is 6.80. The van der Waals surface area contributed by atoms with Crippen LogP contribution in [0.3, 0.4) is 0 Å². The molecule has 1 aliphatic heterocycles. The van der Waals surface area contributed by atoms with Crippen LogP contribution in [-0.2, 0) is 13.1 Å². The van der Waals surface area contributed by atoms with Crippen molar-refractivity contribution < 1.29 is 4.42 Å². The lowest BCUT2D eigenvalue weighted by Gasteiger charge is -2.29. The molecule has 0 bridgehead atoms. The quantitative estimate of drug-likeness (QED) is 0.862. The van der Waals surface area contributed by atoms with Gasteiger partial charge in [0.25, 0.3) is 0 Å². The van der Waals surface area contributed by atoms with E-state index in [2.05, 4.69) is 44.0 Å². The molecule has 0 spiro atoms. The Balaban J connectivity index is 1.83. The summed E-state index contributed by atoms with van der Waals surface area (Å²) in [7, 11) is 0. The summed E-state index contributed by atoms with van der Waals surface area (Å²) in [5, 5.41) is 3.46. The molecular weight excluding hydrogens is 248 g/mol. The summed E-state index contributed by atoms with van der Waals surface area (Å²) in [5.74, 6) is 3.80. The molecular formula is C17H30N2O. The van der Waals surface area contributed by atoms with Crippen LogP contribution in [0.5, 0.6) is 0 Å². The minimum Gasteiger partial charge on any atom is -0.463 e. The SMILES string of the molecule is Cc1cc(CN2CCC(C)CC2)oc1CNCC(C)C. The van der Waals surface area contributed by atoms with Gasteiger partial charge in [-0.1, -0.05) is 20.8 Å². The molecule has 0 amide bonds. The van der Waals surface area contributed by atoms with Gasteiger partial charge < -0.3 is 9.73 Å². The maximum atomic E-state index is 6.02. The summed E-state index contributed by atoms with van der Waals surface area (Å²) in [4.78, 5) is 2.52. The van der Waals surface area contributed by atoms with Crippen molar-refractivity contribution in [3.63, 3.8) is 0 Å². The maximum absolute atomic E-state index is 6.02. The van der Waals surface area contributed by atoms with Gasteiger partial charge >= 0.3 is 0 Å². The van der Waals surface area contributed by atoms with Crippen molar-refractivity contribution in [1.82, 2.24) is 10.2 Å². The van der Waals surface area contributed by atoms with Crippen molar-refractivity contribution in [3.8, 4) is 0 Å². The van der Waals surface area contributed by atoms with E-state index in [1.807, 2.05) is 0 Å². The second kappa shape index (κ2) is 7.28. The summed E-state index contributed by atoms with van der Waals surface area (Å²) in [5.41, 5.74) is 1.28. The van der Waals surface area contributed by atoms with Crippen LogP contribution in [0.1, 0.15) is 50.7 Å². The van der Waals surface area contributed by atoms with Crippen LogP contribution >= 0.6 is 0 Å². The van der Waals surface area contributed by atoms with Crippen molar-refractivity contribution in [2.75, 3.05) is 19.6 Å². The van der Waals surface area contributed by atoms with Gasteiger partial charge in [-0.3, -0.25) is 4.90 Å². The highest BCUT2D eigenvalue weighted by Crippen LogP contribution is 2.21. The third-order valence-corrected chi connectivity index (χ3v) is 4.17. The molecule has 1 aliphatic rings. The Morgan fingerprint density at radius 3 is 2.70 bits per heavy atom. The molecule has 0 aromatic carbocycles. The molecule has 0 atom stereocenters. The van der Waals surface area contributed by atoms with E-state index < -0.39 is 0 Å². The van der Waals surface area contributed by atoms with Gasteiger partial charge in [0.15, 0.2) is 0 Å². The molecule has 2 heterocycles. The molecule has 2 rings (SSSR count). The Morgan fingerprint density at radius 2 is 2.05 bits per heavy atom. The molecule has 0 saturated carbocycles. The number of nitrogens with zero attached hydrogens (tertiary/aromatic N) is 1. The topological polar surface area (TPSA) is 28.4 Å². The molecule has 1 aromatic heterocycles. The van der Waals surface area contributed by atoms with E-state index in [1.165, 1.54) is 31.5 Å². The highest BCUT2D eigenvalue weighted by molar-refractivity contribution is 5.20. The largest absolute Gasteiger partial charge is 0.463 e. The number of rotatable bonds is 6. The van der Waals surface area contributed by atoms with Gasteiger partial charge in [0, 0.05) is 0 Å². The number of piperidine rings is 1. The summed E-state index contributed by atoms with van der Waals surface area (Å²) in [6, 6.07) is 2.21. The first-order chi connectivity index (χ1) is 9.54. The van der Waals surface area contributed by atoms with Crippen LogP contribution in [0, 0.1) is 18.8 Å². The highest BCUT2D eigenvalue weighted by atomic mass is 16.3. The van der Waals surface area contributed by atoms with E-state index in [0.29, 0.717) is 5.92 Å². The van der Waals surface area contributed by atoms with Gasteiger partial charge in [-0.15, -0.1) is 0 Å². The third-order valence-electron chi connectivity index (χ3n) is 4.17. The smallest absolute Gasteiger partial charge is 0.120 e. The van der Waals surface area contributed by atoms with Gasteiger partial charge in [-0.25, -0.2) is 0 Å². The molecule has 1 saturated heterocycles. The van der Waals surface area contributed by atoms with Crippen LogP contribution in [0.4, 0.5) is 0 Å². The Hall–Kier alpha value is -0.800. The number of hydrogen-bond acceptors (Lipinski definition) is 3. The molecule has 1 aromatic rings. The van der Waals surface area contributed by atoms with Gasteiger partial charge in [0.2, 0.25) is 0 Å². The predicted molar refractivity (Wildman–Crippen MR) is 83.7 cm³/mol. The van der Waals surface area contributed by atoms with Gasteiger partial charge in [-0.05, 0) is 62.9 Å². The minimum atomic E-state index is 0.681. The lowest BCUT2D eigenvalue weighted by atomic mass is 9.99. The van der Waals surface area contributed by atoms with Crippen LogP contribution < -0.4 is 5.32 Å². The van der Waals surface area contributed by atoms with Crippen molar-refractivity contribution in [2.45, 2.75) is 53.6 Å². The number of hydrogen-bond donors (Lipinski definition) is 1. The molecule has 0 unspecified atom stereocenters. The Kier molecular flexibility index (Phi) is 5.67. The van der Waals surface area contributed by atoms with E-state index in [0.717, 1.165) is 37.1 Å². The first-order valence-corrected chi connectivity index (χ1v) is 8.06. The zero-order chi connectivity index (χ0) is 14.5. The fourth-order valence-corrected chi connectivity index (χ4v) is 2.76. The predicted octanol–water partition coefficient (Wildman–Crippen LogP) is 3.57. The number of furan rings is 1. The van der Waals surface area contributed by atoms with Crippen molar-refractivity contribution in [3.05, 3.63) is 23.2 Å². The molecule has 114 valence electrons. The Morgan fingerprint density at radius 1 is 1.35 bits per heavy atom. The number of nitrogens with one attached hydrogen (secondary N) is 1. The highest BCUT2D eigenvalue weighted by Gasteiger charge is 2.17. The van der Waals surface area contributed by atoms with Crippen molar-refractivity contribution in [1.29, 1.82) is 0 Å². The lowest BCUT2D eigenvalue weighted by molar-refractivity contribution is 0.172. The molecule has 1 fully saturated rings. The third kappa shape index (κ3) is 4.64. The van der Waals surface area contributed by atoms with E-state index in [-0.39, 0.29) is 0 Å². The molecule has 3 nitrogen and oxygen atoms in total. The normalized spacial score (nSPS) is 18.1. The van der Waals surface area contributed by atoms with E-state index >= 15 is 0 Å². The summed E-state index contributed by atoms with van der Waals surface area (Å²) in [6.45, 7) is 14.2. The van der Waals surface area contributed by atoms with Gasteiger partial charge in [0.1, 0.15) is 11.5 Å². The van der Waals surface area contributed by atoms with E-state index in [9.17, 15) is 0 Å².